The van der Waals surface area contributed by atoms with Crippen LogP contribution in [0.1, 0.15) is 0 Å². The first-order valence-corrected chi connectivity index (χ1v) is 6.59. The van der Waals surface area contributed by atoms with Gasteiger partial charge in [0.25, 0.3) is 0 Å². The number of rotatable bonds is 3. The van der Waals surface area contributed by atoms with Gasteiger partial charge in [-0.25, -0.2) is 9.97 Å². The second-order valence-corrected chi connectivity index (χ2v) is 4.83. The number of nitrogens with zero attached hydrogens (tertiary/aromatic N) is 2. The SMILES string of the molecule is COc1ccc(Nc2ncnc3cc(Cl)ccc23)cc1O. The summed E-state index contributed by atoms with van der Waals surface area (Å²) >= 11 is 5.96. The van der Waals surface area contributed by atoms with Gasteiger partial charge in [-0.15, -0.1) is 0 Å². The van der Waals surface area contributed by atoms with E-state index in [1.807, 2.05) is 6.07 Å². The molecule has 106 valence electrons. The maximum absolute atomic E-state index is 9.80. The number of hydrogen-bond acceptors (Lipinski definition) is 5. The second kappa shape index (κ2) is 5.46. The quantitative estimate of drug-likeness (QED) is 0.771. The monoisotopic (exact) mass is 301 g/mol. The number of halogens is 1. The molecule has 0 atom stereocenters. The molecule has 0 radical (unpaired) electrons. The molecule has 0 saturated heterocycles. The van der Waals surface area contributed by atoms with Gasteiger partial charge in [-0.05, 0) is 30.3 Å². The van der Waals surface area contributed by atoms with Crippen molar-refractivity contribution in [1.29, 1.82) is 0 Å². The van der Waals surface area contributed by atoms with E-state index in [1.54, 1.807) is 30.3 Å². The number of phenolic OH excluding ortho intramolecular Hbond substituents is 1. The van der Waals surface area contributed by atoms with Crippen LogP contribution in [0.3, 0.4) is 0 Å². The molecule has 0 aliphatic carbocycles. The molecular formula is C15H12ClN3O2. The first-order chi connectivity index (χ1) is 10.2. The van der Waals surface area contributed by atoms with Crippen molar-refractivity contribution >= 4 is 34.0 Å². The number of fused-ring (bicyclic) bond motifs is 1. The number of nitrogens with one attached hydrogen (secondary N) is 1. The highest BCUT2D eigenvalue weighted by atomic mass is 35.5. The largest absolute Gasteiger partial charge is 0.504 e. The number of phenols is 1. The highest BCUT2D eigenvalue weighted by Gasteiger charge is 2.07. The Morgan fingerprint density at radius 2 is 2.00 bits per heavy atom. The number of hydrogen-bond donors (Lipinski definition) is 2. The Balaban J connectivity index is 2.00. The van der Waals surface area contributed by atoms with E-state index in [9.17, 15) is 5.11 Å². The lowest BCUT2D eigenvalue weighted by Gasteiger charge is -2.10. The van der Waals surface area contributed by atoms with Gasteiger partial charge < -0.3 is 15.2 Å². The number of aromatic nitrogens is 2. The van der Waals surface area contributed by atoms with Gasteiger partial charge in [0.2, 0.25) is 0 Å². The summed E-state index contributed by atoms with van der Waals surface area (Å²) in [5.74, 6) is 1.12. The topological polar surface area (TPSA) is 67.3 Å². The van der Waals surface area contributed by atoms with Crippen molar-refractivity contribution in [1.82, 2.24) is 9.97 Å². The average Bonchev–Trinajstić information content (AvgIpc) is 2.47. The van der Waals surface area contributed by atoms with Gasteiger partial charge in [0.15, 0.2) is 11.5 Å². The van der Waals surface area contributed by atoms with E-state index in [-0.39, 0.29) is 5.75 Å². The summed E-state index contributed by atoms with van der Waals surface area (Å²) in [6.07, 6.45) is 1.46. The minimum Gasteiger partial charge on any atom is -0.504 e. The third-order valence-corrected chi connectivity index (χ3v) is 3.28. The lowest BCUT2D eigenvalue weighted by molar-refractivity contribution is 0.373. The number of benzene rings is 2. The summed E-state index contributed by atoms with van der Waals surface area (Å²) in [5, 5.41) is 14.4. The Hall–Kier alpha value is -2.53. The van der Waals surface area contributed by atoms with Crippen LogP contribution in [0.2, 0.25) is 5.02 Å². The van der Waals surface area contributed by atoms with Gasteiger partial charge in [0.05, 0.1) is 12.6 Å². The lowest BCUT2D eigenvalue weighted by atomic mass is 10.2. The normalized spacial score (nSPS) is 10.6. The van der Waals surface area contributed by atoms with E-state index in [0.717, 1.165) is 10.9 Å². The molecule has 0 amide bonds. The van der Waals surface area contributed by atoms with E-state index in [4.69, 9.17) is 16.3 Å². The predicted octanol–water partition coefficient (Wildman–Crippen LogP) is 3.74. The van der Waals surface area contributed by atoms with Crippen molar-refractivity contribution in [2.45, 2.75) is 0 Å². The molecule has 3 aromatic rings. The molecule has 5 nitrogen and oxygen atoms in total. The zero-order chi connectivity index (χ0) is 14.8. The van der Waals surface area contributed by atoms with Crippen LogP contribution in [0.15, 0.2) is 42.7 Å². The maximum Gasteiger partial charge on any atom is 0.160 e. The van der Waals surface area contributed by atoms with Gasteiger partial charge in [0, 0.05) is 22.2 Å². The van der Waals surface area contributed by atoms with Crippen molar-refractivity contribution in [2.24, 2.45) is 0 Å². The number of methoxy groups -OCH3 is 1. The first-order valence-electron chi connectivity index (χ1n) is 6.21. The third kappa shape index (κ3) is 2.68. The van der Waals surface area contributed by atoms with Crippen LogP contribution in [0, 0.1) is 0 Å². The van der Waals surface area contributed by atoms with Gasteiger partial charge >= 0.3 is 0 Å². The van der Waals surface area contributed by atoms with Crippen LogP contribution in [0.5, 0.6) is 11.5 Å². The van der Waals surface area contributed by atoms with Crippen molar-refractivity contribution in [3.63, 3.8) is 0 Å². The molecule has 1 heterocycles. The van der Waals surface area contributed by atoms with Crippen LogP contribution >= 0.6 is 11.6 Å². The summed E-state index contributed by atoms with van der Waals surface area (Å²) in [5.41, 5.74) is 1.45. The molecule has 0 unspecified atom stereocenters. The van der Waals surface area contributed by atoms with E-state index in [2.05, 4.69) is 15.3 Å². The van der Waals surface area contributed by atoms with Crippen LogP contribution in [-0.4, -0.2) is 22.2 Å². The minimum absolute atomic E-state index is 0.0592. The van der Waals surface area contributed by atoms with Gasteiger partial charge in [-0.1, -0.05) is 11.6 Å². The zero-order valence-corrected chi connectivity index (χ0v) is 11.9. The minimum atomic E-state index is 0.0592. The summed E-state index contributed by atoms with van der Waals surface area (Å²) < 4.78 is 5.02. The molecule has 0 aliphatic heterocycles. The Labute approximate surface area is 126 Å². The Morgan fingerprint density at radius 1 is 1.14 bits per heavy atom. The van der Waals surface area contributed by atoms with E-state index >= 15 is 0 Å². The molecule has 21 heavy (non-hydrogen) atoms. The molecular weight excluding hydrogens is 290 g/mol. The van der Waals surface area contributed by atoms with E-state index < -0.39 is 0 Å². The molecule has 0 aliphatic rings. The van der Waals surface area contributed by atoms with Crippen molar-refractivity contribution < 1.29 is 9.84 Å². The molecule has 0 saturated carbocycles. The van der Waals surface area contributed by atoms with Crippen molar-refractivity contribution in [3.05, 3.63) is 47.7 Å². The predicted molar refractivity (Wildman–Crippen MR) is 82.5 cm³/mol. The van der Waals surface area contributed by atoms with Crippen LogP contribution in [0.25, 0.3) is 10.9 Å². The molecule has 6 heteroatoms. The fourth-order valence-corrected chi connectivity index (χ4v) is 2.20. The second-order valence-electron chi connectivity index (χ2n) is 4.40. The molecule has 0 bridgehead atoms. The molecule has 3 rings (SSSR count). The zero-order valence-electron chi connectivity index (χ0n) is 11.2. The highest BCUT2D eigenvalue weighted by molar-refractivity contribution is 6.31. The van der Waals surface area contributed by atoms with Crippen molar-refractivity contribution in [3.8, 4) is 11.5 Å². The maximum atomic E-state index is 9.80. The van der Waals surface area contributed by atoms with Crippen LogP contribution in [0.4, 0.5) is 11.5 Å². The Bertz CT molecular complexity index is 808. The first kappa shape index (κ1) is 13.5. The average molecular weight is 302 g/mol. The molecule has 2 aromatic carbocycles. The van der Waals surface area contributed by atoms with Crippen LogP contribution in [-0.2, 0) is 0 Å². The number of ether oxygens (including phenoxy) is 1. The van der Waals surface area contributed by atoms with Crippen LogP contribution < -0.4 is 10.1 Å². The lowest BCUT2D eigenvalue weighted by Crippen LogP contribution is -1.96. The summed E-state index contributed by atoms with van der Waals surface area (Å²) in [6.45, 7) is 0. The Kier molecular flexibility index (Phi) is 3.50. The number of anilines is 2. The molecule has 2 N–H and O–H groups in total. The van der Waals surface area contributed by atoms with E-state index in [0.29, 0.717) is 22.3 Å². The molecule has 0 spiro atoms. The fraction of sp³-hybridized carbons (Fsp3) is 0.0667. The standard InChI is InChI=1S/C15H12ClN3O2/c1-21-14-5-3-10(7-13(14)20)19-15-11-4-2-9(16)6-12(11)17-8-18-15/h2-8,20H,1H3,(H,17,18,19). The smallest absolute Gasteiger partial charge is 0.160 e. The van der Waals surface area contributed by atoms with E-state index in [1.165, 1.54) is 13.4 Å². The highest BCUT2D eigenvalue weighted by Crippen LogP contribution is 2.31. The summed E-state index contributed by atoms with van der Waals surface area (Å²) in [4.78, 5) is 8.41. The summed E-state index contributed by atoms with van der Waals surface area (Å²) in [6, 6.07) is 10.4. The summed E-state index contributed by atoms with van der Waals surface area (Å²) in [7, 11) is 1.50. The molecule has 1 aromatic heterocycles. The van der Waals surface area contributed by atoms with Crippen molar-refractivity contribution in [2.75, 3.05) is 12.4 Å². The fourth-order valence-electron chi connectivity index (χ4n) is 2.03. The number of aromatic hydroxyl groups is 1. The van der Waals surface area contributed by atoms with Gasteiger partial charge in [-0.3, -0.25) is 0 Å². The van der Waals surface area contributed by atoms with Gasteiger partial charge in [-0.2, -0.15) is 0 Å². The molecule has 0 fully saturated rings. The third-order valence-electron chi connectivity index (χ3n) is 3.04. The Morgan fingerprint density at radius 3 is 2.76 bits per heavy atom. The van der Waals surface area contributed by atoms with Gasteiger partial charge in [0.1, 0.15) is 12.1 Å².